The Bertz CT molecular complexity index is 163. The van der Waals surface area contributed by atoms with E-state index in [1.807, 2.05) is 6.92 Å². The van der Waals surface area contributed by atoms with Gasteiger partial charge in [0.2, 0.25) is 0 Å². The molecule has 0 radical (unpaired) electrons. The molecular formula is C9H21N2O2+. The third-order valence-corrected chi connectivity index (χ3v) is 1.68. The van der Waals surface area contributed by atoms with Crippen LogP contribution < -0.4 is 5.32 Å². The van der Waals surface area contributed by atoms with Gasteiger partial charge in [0.05, 0.1) is 40.2 Å². The van der Waals surface area contributed by atoms with Gasteiger partial charge in [0.1, 0.15) is 0 Å². The Kier molecular flexibility index (Phi) is 4.95. The number of quaternary nitrogens is 1. The van der Waals surface area contributed by atoms with E-state index in [4.69, 9.17) is 5.11 Å². The lowest BCUT2D eigenvalue weighted by atomic mass is 10.2. The molecule has 0 aliphatic carbocycles. The normalized spacial score (nSPS) is 14.2. The molecule has 78 valence electrons. The number of nitrogens with zero attached hydrogens (tertiary/aromatic N) is 1. The number of likely N-dealkylation sites (N-methyl/N-ethyl adjacent to an activating group) is 2. The molecule has 0 rings (SSSR count). The maximum Gasteiger partial charge on any atom is 0.305 e. The molecule has 0 saturated heterocycles. The summed E-state index contributed by atoms with van der Waals surface area (Å²) in [5, 5.41) is 11.8. The lowest BCUT2D eigenvalue weighted by Gasteiger charge is -2.28. The minimum absolute atomic E-state index is 0.0718. The standard InChI is InChI=1S/C9H20N2O2/c1-5-10-8(6-9(12)13)7-11(2,3)4/h8,10H,5-7H2,1-4H3/p+1. The van der Waals surface area contributed by atoms with Gasteiger partial charge in [0.15, 0.2) is 0 Å². The van der Waals surface area contributed by atoms with Gasteiger partial charge in [-0.2, -0.15) is 0 Å². The molecule has 0 aromatic heterocycles. The van der Waals surface area contributed by atoms with Gasteiger partial charge in [-0.15, -0.1) is 0 Å². The third-order valence-electron chi connectivity index (χ3n) is 1.68. The first kappa shape index (κ1) is 12.4. The summed E-state index contributed by atoms with van der Waals surface area (Å²) in [4.78, 5) is 10.5. The van der Waals surface area contributed by atoms with Crippen molar-refractivity contribution in [1.29, 1.82) is 0 Å². The van der Waals surface area contributed by atoms with Crippen molar-refractivity contribution in [3.05, 3.63) is 0 Å². The predicted octanol–water partition coefficient (Wildman–Crippen LogP) is 0.145. The van der Waals surface area contributed by atoms with Crippen molar-refractivity contribution in [2.24, 2.45) is 0 Å². The number of hydrogen-bond acceptors (Lipinski definition) is 2. The molecule has 0 fully saturated rings. The first-order chi connectivity index (χ1) is 5.85. The van der Waals surface area contributed by atoms with E-state index < -0.39 is 5.97 Å². The Hall–Kier alpha value is -0.610. The van der Waals surface area contributed by atoms with E-state index in [2.05, 4.69) is 26.5 Å². The highest BCUT2D eigenvalue weighted by atomic mass is 16.4. The van der Waals surface area contributed by atoms with Gasteiger partial charge in [-0.3, -0.25) is 4.79 Å². The molecule has 0 aliphatic rings. The molecule has 0 aromatic carbocycles. The molecular weight excluding hydrogens is 168 g/mol. The topological polar surface area (TPSA) is 49.3 Å². The maximum absolute atomic E-state index is 10.5. The smallest absolute Gasteiger partial charge is 0.305 e. The number of carbonyl (C=O) groups is 1. The van der Waals surface area contributed by atoms with Crippen LogP contribution in [0.1, 0.15) is 13.3 Å². The van der Waals surface area contributed by atoms with Crippen molar-refractivity contribution in [2.45, 2.75) is 19.4 Å². The Morgan fingerprint density at radius 2 is 2.00 bits per heavy atom. The minimum Gasteiger partial charge on any atom is -0.481 e. The van der Waals surface area contributed by atoms with Crippen molar-refractivity contribution < 1.29 is 14.4 Å². The van der Waals surface area contributed by atoms with Crippen molar-refractivity contribution in [1.82, 2.24) is 5.32 Å². The van der Waals surface area contributed by atoms with Gasteiger partial charge in [-0.25, -0.2) is 0 Å². The largest absolute Gasteiger partial charge is 0.481 e. The Balaban J connectivity index is 4.01. The Morgan fingerprint density at radius 3 is 2.31 bits per heavy atom. The van der Waals surface area contributed by atoms with Gasteiger partial charge in [0.25, 0.3) is 0 Å². The summed E-state index contributed by atoms with van der Waals surface area (Å²) < 4.78 is 0.783. The average Bonchev–Trinajstić information content (AvgIpc) is 1.81. The summed E-state index contributed by atoms with van der Waals surface area (Å²) in [6, 6.07) is 0.0718. The molecule has 13 heavy (non-hydrogen) atoms. The predicted molar refractivity (Wildman–Crippen MR) is 52.6 cm³/mol. The number of aliphatic carboxylic acids is 1. The fourth-order valence-electron chi connectivity index (χ4n) is 1.36. The highest BCUT2D eigenvalue weighted by Gasteiger charge is 2.19. The molecule has 4 heteroatoms. The maximum atomic E-state index is 10.5. The number of nitrogens with one attached hydrogen (secondary N) is 1. The van der Waals surface area contributed by atoms with Crippen LogP contribution in [0.4, 0.5) is 0 Å². The first-order valence-corrected chi connectivity index (χ1v) is 4.60. The van der Waals surface area contributed by atoms with Crippen LogP contribution in [0.3, 0.4) is 0 Å². The average molecular weight is 189 g/mol. The van der Waals surface area contributed by atoms with E-state index >= 15 is 0 Å². The summed E-state index contributed by atoms with van der Waals surface area (Å²) in [6.45, 7) is 3.64. The molecule has 0 spiro atoms. The highest BCUT2D eigenvalue weighted by molar-refractivity contribution is 5.67. The quantitative estimate of drug-likeness (QED) is 0.585. The van der Waals surface area contributed by atoms with Gasteiger partial charge in [-0.05, 0) is 6.54 Å². The molecule has 0 saturated carbocycles. The Morgan fingerprint density at radius 1 is 1.46 bits per heavy atom. The first-order valence-electron chi connectivity index (χ1n) is 4.60. The molecule has 4 nitrogen and oxygen atoms in total. The molecule has 0 aliphatic heterocycles. The number of carboxylic acid groups (broad SMARTS) is 1. The number of hydrogen-bond donors (Lipinski definition) is 2. The third kappa shape index (κ3) is 7.74. The van der Waals surface area contributed by atoms with Crippen molar-refractivity contribution in [2.75, 3.05) is 34.2 Å². The van der Waals surface area contributed by atoms with E-state index in [-0.39, 0.29) is 12.5 Å². The van der Waals surface area contributed by atoms with Gasteiger partial charge >= 0.3 is 5.97 Å². The number of carboxylic acids is 1. The number of rotatable bonds is 6. The van der Waals surface area contributed by atoms with Crippen LogP contribution in [0.25, 0.3) is 0 Å². The molecule has 1 unspecified atom stereocenters. The van der Waals surface area contributed by atoms with Crippen molar-refractivity contribution in [3.63, 3.8) is 0 Å². The van der Waals surface area contributed by atoms with Crippen LogP contribution in [0, 0.1) is 0 Å². The van der Waals surface area contributed by atoms with E-state index in [1.165, 1.54) is 0 Å². The molecule has 2 N–H and O–H groups in total. The van der Waals surface area contributed by atoms with Crippen LogP contribution in [0.5, 0.6) is 0 Å². The van der Waals surface area contributed by atoms with E-state index in [0.29, 0.717) is 0 Å². The SMILES string of the molecule is CCNC(CC(=O)O)C[N+](C)(C)C. The summed E-state index contributed by atoms with van der Waals surface area (Å²) in [5.74, 6) is -0.737. The zero-order valence-electron chi connectivity index (χ0n) is 9.00. The van der Waals surface area contributed by atoms with Crippen LogP contribution >= 0.6 is 0 Å². The van der Waals surface area contributed by atoms with Crippen LogP contribution in [0.15, 0.2) is 0 Å². The van der Waals surface area contributed by atoms with Crippen molar-refractivity contribution >= 4 is 5.97 Å². The highest BCUT2D eigenvalue weighted by Crippen LogP contribution is 1.99. The van der Waals surface area contributed by atoms with Crippen molar-refractivity contribution in [3.8, 4) is 0 Å². The van der Waals surface area contributed by atoms with E-state index in [0.717, 1.165) is 17.6 Å². The summed E-state index contributed by atoms with van der Waals surface area (Å²) >= 11 is 0. The zero-order valence-corrected chi connectivity index (χ0v) is 9.00. The van der Waals surface area contributed by atoms with E-state index in [1.54, 1.807) is 0 Å². The monoisotopic (exact) mass is 189 g/mol. The lowest BCUT2D eigenvalue weighted by molar-refractivity contribution is -0.871. The zero-order chi connectivity index (χ0) is 10.5. The molecule has 0 bridgehead atoms. The fourth-order valence-corrected chi connectivity index (χ4v) is 1.36. The van der Waals surface area contributed by atoms with Crippen LogP contribution in [-0.2, 0) is 4.79 Å². The minimum atomic E-state index is -0.737. The summed E-state index contributed by atoms with van der Waals surface area (Å²) in [7, 11) is 6.19. The van der Waals surface area contributed by atoms with Crippen LogP contribution in [-0.4, -0.2) is 55.8 Å². The van der Waals surface area contributed by atoms with Gasteiger partial charge in [0, 0.05) is 0 Å². The summed E-state index contributed by atoms with van der Waals surface area (Å²) in [5.41, 5.74) is 0. The molecule has 0 aromatic rings. The second-order valence-electron chi connectivity index (χ2n) is 4.33. The van der Waals surface area contributed by atoms with Gasteiger partial charge in [-0.1, -0.05) is 6.92 Å². The van der Waals surface area contributed by atoms with Gasteiger partial charge < -0.3 is 14.9 Å². The van der Waals surface area contributed by atoms with Crippen LogP contribution in [0.2, 0.25) is 0 Å². The second kappa shape index (κ2) is 5.19. The second-order valence-corrected chi connectivity index (χ2v) is 4.33. The fraction of sp³-hybridized carbons (Fsp3) is 0.889. The molecule has 1 atom stereocenters. The molecule has 0 heterocycles. The van der Waals surface area contributed by atoms with E-state index in [9.17, 15) is 4.79 Å². The Labute approximate surface area is 80.1 Å². The summed E-state index contributed by atoms with van der Waals surface area (Å²) in [6.07, 6.45) is 0.198. The lowest BCUT2D eigenvalue weighted by Crippen LogP contribution is -2.47. The molecule has 0 amide bonds.